The zero-order valence-electron chi connectivity index (χ0n) is 20.1. The summed E-state index contributed by atoms with van der Waals surface area (Å²) < 4.78 is 19.8. The fourth-order valence-electron chi connectivity index (χ4n) is 4.61. The highest BCUT2D eigenvalue weighted by Gasteiger charge is 2.42. The molecule has 2 aliphatic rings. The van der Waals surface area contributed by atoms with E-state index < -0.39 is 0 Å². The molecule has 6 nitrogen and oxygen atoms in total. The Morgan fingerprint density at radius 1 is 1.15 bits per heavy atom. The molecule has 182 valence electrons. The van der Waals surface area contributed by atoms with Crippen LogP contribution < -0.4 is 16.0 Å². The SMILES string of the molecule is COCCCCNC1CCC(Nc2cc(-c3cccc(NCC4(C#N)CC4)c3)c(F)cn2)CC1. The topological polar surface area (TPSA) is 82.0 Å². The van der Waals surface area contributed by atoms with Gasteiger partial charge in [0.15, 0.2) is 0 Å². The quantitative estimate of drug-likeness (QED) is 0.367. The number of nitriles is 1. The number of benzene rings is 1. The van der Waals surface area contributed by atoms with Crippen LogP contribution in [0.3, 0.4) is 0 Å². The number of pyridine rings is 1. The van der Waals surface area contributed by atoms with Crippen molar-refractivity contribution in [2.75, 3.05) is 37.4 Å². The lowest BCUT2D eigenvalue weighted by molar-refractivity contribution is 0.192. The second kappa shape index (κ2) is 11.6. The van der Waals surface area contributed by atoms with Crippen LogP contribution in [0.5, 0.6) is 0 Å². The van der Waals surface area contributed by atoms with Gasteiger partial charge in [-0.05, 0) is 81.7 Å². The first-order valence-corrected chi connectivity index (χ1v) is 12.5. The molecule has 2 aliphatic carbocycles. The Kier molecular flexibility index (Phi) is 8.36. The average Bonchev–Trinajstić information content (AvgIpc) is 3.65. The zero-order chi connectivity index (χ0) is 23.8. The van der Waals surface area contributed by atoms with E-state index in [2.05, 4.69) is 27.0 Å². The van der Waals surface area contributed by atoms with Gasteiger partial charge in [-0.1, -0.05) is 12.1 Å². The molecule has 1 aromatic carbocycles. The first-order valence-electron chi connectivity index (χ1n) is 12.5. The largest absolute Gasteiger partial charge is 0.385 e. The number of hydrogen-bond acceptors (Lipinski definition) is 6. The molecule has 3 N–H and O–H groups in total. The van der Waals surface area contributed by atoms with Crippen LogP contribution >= 0.6 is 0 Å². The van der Waals surface area contributed by atoms with Crippen LogP contribution in [0.4, 0.5) is 15.9 Å². The minimum absolute atomic E-state index is 0.229. The summed E-state index contributed by atoms with van der Waals surface area (Å²) in [6.07, 6.45) is 9.84. The minimum atomic E-state index is -0.334. The van der Waals surface area contributed by atoms with Crippen molar-refractivity contribution in [2.24, 2.45) is 5.41 Å². The molecule has 34 heavy (non-hydrogen) atoms. The average molecular weight is 466 g/mol. The van der Waals surface area contributed by atoms with Gasteiger partial charge in [-0.2, -0.15) is 5.26 Å². The summed E-state index contributed by atoms with van der Waals surface area (Å²) in [5, 5.41) is 19.8. The van der Waals surface area contributed by atoms with E-state index in [1.165, 1.54) is 6.20 Å². The predicted octanol–water partition coefficient (Wildman–Crippen LogP) is 5.34. The number of methoxy groups -OCH3 is 1. The number of aromatic nitrogens is 1. The lowest BCUT2D eigenvalue weighted by Crippen LogP contribution is -2.37. The van der Waals surface area contributed by atoms with Gasteiger partial charge in [0, 0.05) is 43.6 Å². The Morgan fingerprint density at radius 3 is 2.68 bits per heavy atom. The molecule has 0 spiro atoms. The number of nitrogens with one attached hydrogen (secondary N) is 3. The summed E-state index contributed by atoms with van der Waals surface area (Å²) >= 11 is 0. The Bertz CT molecular complexity index is 979. The van der Waals surface area contributed by atoms with E-state index in [-0.39, 0.29) is 11.2 Å². The predicted molar refractivity (Wildman–Crippen MR) is 134 cm³/mol. The van der Waals surface area contributed by atoms with Gasteiger partial charge in [-0.15, -0.1) is 0 Å². The molecule has 0 aliphatic heterocycles. The van der Waals surface area contributed by atoms with Gasteiger partial charge in [0.2, 0.25) is 0 Å². The van der Waals surface area contributed by atoms with Crippen LogP contribution in [-0.2, 0) is 4.74 Å². The Morgan fingerprint density at radius 2 is 1.94 bits per heavy atom. The molecule has 2 fully saturated rings. The molecule has 0 unspecified atom stereocenters. The van der Waals surface area contributed by atoms with Gasteiger partial charge in [0.05, 0.1) is 17.7 Å². The van der Waals surface area contributed by atoms with E-state index in [0.717, 1.165) is 75.8 Å². The summed E-state index contributed by atoms with van der Waals surface area (Å²) in [6, 6.07) is 12.9. The monoisotopic (exact) mass is 465 g/mol. The van der Waals surface area contributed by atoms with Gasteiger partial charge in [-0.25, -0.2) is 9.37 Å². The molecule has 0 atom stereocenters. The van der Waals surface area contributed by atoms with Gasteiger partial charge in [0.25, 0.3) is 0 Å². The third kappa shape index (κ3) is 6.68. The maximum Gasteiger partial charge on any atom is 0.149 e. The Balaban J connectivity index is 1.31. The maximum atomic E-state index is 14.7. The van der Waals surface area contributed by atoms with E-state index in [9.17, 15) is 9.65 Å². The van der Waals surface area contributed by atoms with Crippen LogP contribution in [-0.4, -0.2) is 43.9 Å². The van der Waals surface area contributed by atoms with E-state index in [1.807, 2.05) is 30.3 Å². The van der Waals surface area contributed by atoms with Crippen LogP contribution in [0.1, 0.15) is 51.4 Å². The molecule has 1 aromatic heterocycles. The molecular formula is C27H36FN5O. The summed E-state index contributed by atoms with van der Waals surface area (Å²) in [6.45, 7) is 2.50. The Labute approximate surface area is 202 Å². The molecule has 7 heteroatoms. The fourth-order valence-corrected chi connectivity index (χ4v) is 4.61. The maximum absolute atomic E-state index is 14.7. The molecule has 0 amide bonds. The molecule has 1 heterocycles. The molecule has 0 saturated heterocycles. The van der Waals surface area contributed by atoms with Crippen LogP contribution in [0.15, 0.2) is 36.5 Å². The van der Waals surface area contributed by atoms with Gasteiger partial charge < -0.3 is 20.7 Å². The smallest absolute Gasteiger partial charge is 0.149 e. The third-order valence-corrected chi connectivity index (χ3v) is 7.04. The summed E-state index contributed by atoms with van der Waals surface area (Å²) in [5.41, 5.74) is 2.01. The Hall–Kier alpha value is -2.69. The number of ether oxygens (including phenoxy) is 1. The normalized spacial score (nSPS) is 21.0. The van der Waals surface area contributed by atoms with Crippen molar-refractivity contribution >= 4 is 11.5 Å². The van der Waals surface area contributed by atoms with E-state index in [0.29, 0.717) is 30.0 Å². The molecular weight excluding hydrogens is 429 g/mol. The highest BCUT2D eigenvalue weighted by Crippen LogP contribution is 2.44. The zero-order valence-corrected chi connectivity index (χ0v) is 20.1. The molecule has 0 bridgehead atoms. The number of hydrogen-bond donors (Lipinski definition) is 3. The van der Waals surface area contributed by atoms with Crippen LogP contribution in [0.2, 0.25) is 0 Å². The second-order valence-electron chi connectivity index (χ2n) is 9.72. The number of halogens is 1. The summed E-state index contributed by atoms with van der Waals surface area (Å²) in [4.78, 5) is 4.30. The van der Waals surface area contributed by atoms with Crippen molar-refractivity contribution in [3.05, 3.63) is 42.3 Å². The van der Waals surface area contributed by atoms with Crippen LogP contribution in [0.25, 0.3) is 11.1 Å². The molecule has 4 rings (SSSR count). The van der Waals surface area contributed by atoms with E-state index in [1.54, 1.807) is 7.11 Å². The van der Waals surface area contributed by atoms with Gasteiger partial charge in [-0.3, -0.25) is 0 Å². The number of nitrogens with zero attached hydrogens (tertiary/aromatic N) is 2. The summed E-state index contributed by atoms with van der Waals surface area (Å²) in [5.74, 6) is 0.381. The lowest BCUT2D eigenvalue weighted by Gasteiger charge is -2.30. The highest BCUT2D eigenvalue weighted by molar-refractivity contribution is 5.70. The van der Waals surface area contributed by atoms with Crippen molar-refractivity contribution < 1.29 is 9.13 Å². The van der Waals surface area contributed by atoms with Crippen molar-refractivity contribution in [2.45, 2.75) is 63.5 Å². The van der Waals surface area contributed by atoms with E-state index >= 15 is 0 Å². The molecule has 2 saturated carbocycles. The molecule has 2 aromatic rings. The van der Waals surface area contributed by atoms with Gasteiger partial charge >= 0.3 is 0 Å². The standard InChI is InChI=1S/C27H36FN5O/c1-34-14-3-2-13-30-21-7-9-22(10-8-21)33-26-16-24(25(28)17-31-26)20-5-4-6-23(15-20)32-19-27(18-29)11-12-27/h4-6,15-17,21-22,30,32H,2-3,7-14,19H2,1H3,(H,31,33). The fraction of sp³-hybridized carbons (Fsp3) is 0.556. The summed E-state index contributed by atoms with van der Waals surface area (Å²) in [7, 11) is 1.75. The highest BCUT2D eigenvalue weighted by atomic mass is 19.1. The third-order valence-electron chi connectivity index (χ3n) is 7.04. The van der Waals surface area contributed by atoms with Gasteiger partial charge in [0.1, 0.15) is 11.6 Å². The molecule has 0 radical (unpaired) electrons. The van der Waals surface area contributed by atoms with Crippen LogP contribution in [0, 0.1) is 22.6 Å². The lowest BCUT2D eigenvalue weighted by atomic mass is 9.91. The number of rotatable bonds is 12. The second-order valence-corrected chi connectivity index (χ2v) is 9.72. The van der Waals surface area contributed by atoms with Crippen molar-refractivity contribution in [1.29, 1.82) is 5.26 Å². The number of anilines is 2. The first kappa shape index (κ1) is 24.4. The number of unbranched alkanes of at least 4 members (excludes halogenated alkanes) is 1. The van der Waals surface area contributed by atoms with E-state index in [4.69, 9.17) is 4.74 Å². The first-order chi connectivity index (χ1) is 16.6. The minimum Gasteiger partial charge on any atom is -0.385 e. The van der Waals surface area contributed by atoms with Crippen molar-refractivity contribution in [3.8, 4) is 17.2 Å². The van der Waals surface area contributed by atoms with Crippen molar-refractivity contribution in [3.63, 3.8) is 0 Å². The van der Waals surface area contributed by atoms with Crippen molar-refractivity contribution in [1.82, 2.24) is 10.3 Å².